The molecule has 0 bridgehead atoms. The van der Waals surface area contributed by atoms with E-state index in [1.807, 2.05) is 0 Å². The van der Waals surface area contributed by atoms with E-state index in [4.69, 9.17) is 5.11 Å². The van der Waals surface area contributed by atoms with Gasteiger partial charge in [-0.15, -0.1) is 0 Å². The Kier molecular flexibility index (Phi) is 3.10. The van der Waals surface area contributed by atoms with Crippen LogP contribution in [0.15, 0.2) is 0 Å². The Morgan fingerprint density at radius 1 is 1.40 bits per heavy atom. The molecule has 0 atom stereocenters. The zero-order valence-electron chi connectivity index (χ0n) is 9.66. The van der Waals surface area contributed by atoms with Crippen molar-refractivity contribution in [2.45, 2.75) is 52.0 Å². The highest BCUT2D eigenvalue weighted by atomic mass is 16.2. The number of aliphatic hydroxyl groups excluding tert-OH is 1. The second-order valence-electron chi connectivity index (χ2n) is 4.51. The van der Waals surface area contributed by atoms with Crippen LogP contribution in [0.3, 0.4) is 0 Å². The first-order valence-corrected chi connectivity index (χ1v) is 5.89. The van der Waals surface area contributed by atoms with Gasteiger partial charge in [-0.2, -0.15) is 5.10 Å². The number of nitrogens with zero attached hydrogens (tertiary/aromatic N) is 2. The molecule has 0 aromatic carbocycles. The van der Waals surface area contributed by atoms with Gasteiger partial charge in [-0.25, -0.2) is 0 Å². The van der Waals surface area contributed by atoms with Gasteiger partial charge in [0.1, 0.15) is 0 Å². The molecular weight excluding hydrogens is 188 g/mol. The van der Waals surface area contributed by atoms with E-state index in [2.05, 4.69) is 23.6 Å². The molecule has 3 heteroatoms. The van der Waals surface area contributed by atoms with Crippen molar-refractivity contribution in [3.05, 3.63) is 17.0 Å². The third-order valence-electron chi connectivity index (χ3n) is 3.48. The SMILES string of the molecule is Cc1nn(C2CCC2)c(C)c1CCCO. The molecule has 84 valence electrons. The smallest absolute Gasteiger partial charge is 0.0628 e. The number of aromatic nitrogens is 2. The molecule has 1 N–H and O–H groups in total. The average molecular weight is 208 g/mol. The molecular formula is C12H20N2O. The van der Waals surface area contributed by atoms with Crippen LogP contribution in [0.2, 0.25) is 0 Å². The van der Waals surface area contributed by atoms with Crippen LogP contribution in [0.25, 0.3) is 0 Å². The van der Waals surface area contributed by atoms with E-state index in [0.29, 0.717) is 6.04 Å². The molecule has 1 aromatic rings. The summed E-state index contributed by atoms with van der Waals surface area (Å²) in [6.07, 6.45) is 5.71. The molecule has 0 spiro atoms. The van der Waals surface area contributed by atoms with Crippen LogP contribution in [0, 0.1) is 13.8 Å². The first kappa shape index (κ1) is 10.7. The summed E-state index contributed by atoms with van der Waals surface area (Å²) in [5.41, 5.74) is 3.80. The minimum atomic E-state index is 0.271. The van der Waals surface area contributed by atoms with Crippen LogP contribution >= 0.6 is 0 Å². The largest absolute Gasteiger partial charge is 0.396 e. The fraction of sp³-hybridized carbons (Fsp3) is 0.750. The quantitative estimate of drug-likeness (QED) is 0.823. The summed E-state index contributed by atoms with van der Waals surface area (Å²) in [5, 5.41) is 13.5. The van der Waals surface area contributed by atoms with E-state index >= 15 is 0 Å². The molecule has 3 nitrogen and oxygen atoms in total. The first-order valence-electron chi connectivity index (χ1n) is 5.89. The lowest BCUT2D eigenvalue weighted by molar-refractivity contribution is 0.282. The summed E-state index contributed by atoms with van der Waals surface area (Å²) < 4.78 is 2.20. The lowest BCUT2D eigenvalue weighted by Gasteiger charge is -2.27. The van der Waals surface area contributed by atoms with Crippen molar-refractivity contribution < 1.29 is 5.11 Å². The molecule has 1 heterocycles. The Bertz CT molecular complexity index is 340. The predicted octanol–water partition coefficient (Wildman–Crippen LogP) is 2.15. The van der Waals surface area contributed by atoms with Crippen molar-refractivity contribution in [2.24, 2.45) is 0 Å². The van der Waals surface area contributed by atoms with Crippen molar-refractivity contribution in [3.8, 4) is 0 Å². The van der Waals surface area contributed by atoms with Crippen LogP contribution in [-0.4, -0.2) is 21.5 Å². The van der Waals surface area contributed by atoms with Crippen LogP contribution in [0.5, 0.6) is 0 Å². The van der Waals surface area contributed by atoms with Crippen LogP contribution in [0.1, 0.15) is 48.7 Å². The Labute approximate surface area is 91.1 Å². The maximum Gasteiger partial charge on any atom is 0.0628 e. The summed E-state index contributed by atoms with van der Waals surface area (Å²) in [7, 11) is 0. The Morgan fingerprint density at radius 3 is 2.67 bits per heavy atom. The van der Waals surface area contributed by atoms with Gasteiger partial charge in [0.25, 0.3) is 0 Å². The molecule has 1 saturated carbocycles. The van der Waals surface area contributed by atoms with E-state index in [9.17, 15) is 0 Å². The minimum Gasteiger partial charge on any atom is -0.396 e. The monoisotopic (exact) mass is 208 g/mol. The third-order valence-corrected chi connectivity index (χ3v) is 3.48. The highest BCUT2D eigenvalue weighted by Crippen LogP contribution is 2.33. The lowest BCUT2D eigenvalue weighted by atomic mass is 9.93. The van der Waals surface area contributed by atoms with Crippen LogP contribution in [-0.2, 0) is 6.42 Å². The number of rotatable bonds is 4. The summed E-state index contributed by atoms with van der Waals surface area (Å²) in [5.74, 6) is 0. The maximum absolute atomic E-state index is 8.86. The fourth-order valence-electron chi connectivity index (χ4n) is 2.30. The number of aryl methyl sites for hydroxylation is 1. The highest BCUT2D eigenvalue weighted by molar-refractivity contribution is 5.25. The second-order valence-corrected chi connectivity index (χ2v) is 4.51. The Balaban J connectivity index is 2.18. The number of hydrogen-bond acceptors (Lipinski definition) is 2. The molecule has 1 aliphatic carbocycles. The molecule has 0 amide bonds. The predicted molar refractivity (Wildman–Crippen MR) is 60.0 cm³/mol. The maximum atomic E-state index is 8.86. The van der Waals surface area contributed by atoms with Gasteiger partial charge < -0.3 is 5.11 Å². The first-order chi connectivity index (χ1) is 7.24. The van der Waals surface area contributed by atoms with E-state index in [-0.39, 0.29) is 6.61 Å². The third kappa shape index (κ3) is 1.93. The summed E-state index contributed by atoms with van der Waals surface area (Å²) in [6.45, 7) is 4.51. The van der Waals surface area contributed by atoms with Gasteiger partial charge in [-0.3, -0.25) is 4.68 Å². The van der Waals surface area contributed by atoms with Gasteiger partial charge >= 0.3 is 0 Å². The molecule has 1 fully saturated rings. The minimum absolute atomic E-state index is 0.271. The van der Waals surface area contributed by atoms with Crippen LogP contribution in [0.4, 0.5) is 0 Å². The van der Waals surface area contributed by atoms with Gasteiger partial charge in [0.05, 0.1) is 11.7 Å². The van der Waals surface area contributed by atoms with E-state index in [0.717, 1.165) is 18.5 Å². The lowest BCUT2D eigenvalue weighted by Crippen LogP contribution is -2.19. The normalized spacial score (nSPS) is 16.7. The second kappa shape index (κ2) is 4.35. The van der Waals surface area contributed by atoms with Gasteiger partial charge in [0.2, 0.25) is 0 Å². The molecule has 0 unspecified atom stereocenters. The van der Waals surface area contributed by atoms with Crippen molar-refractivity contribution in [3.63, 3.8) is 0 Å². The van der Waals surface area contributed by atoms with Crippen molar-refractivity contribution in [2.75, 3.05) is 6.61 Å². The number of aliphatic hydroxyl groups is 1. The van der Waals surface area contributed by atoms with Gasteiger partial charge in [0.15, 0.2) is 0 Å². The highest BCUT2D eigenvalue weighted by Gasteiger charge is 2.23. The average Bonchev–Trinajstić information content (AvgIpc) is 2.38. The van der Waals surface area contributed by atoms with Gasteiger partial charge in [-0.1, -0.05) is 0 Å². The molecule has 0 radical (unpaired) electrons. The number of hydrogen-bond donors (Lipinski definition) is 1. The zero-order chi connectivity index (χ0) is 10.8. The summed E-state index contributed by atoms with van der Waals surface area (Å²) >= 11 is 0. The Hall–Kier alpha value is -0.830. The molecule has 2 rings (SSSR count). The summed E-state index contributed by atoms with van der Waals surface area (Å²) in [6, 6.07) is 0.645. The van der Waals surface area contributed by atoms with Gasteiger partial charge in [-0.05, 0) is 51.5 Å². The van der Waals surface area contributed by atoms with E-state index in [1.54, 1.807) is 0 Å². The van der Waals surface area contributed by atoms with E-state index in [1.165, 1.54) is 30.5 Å². The zero-order valence-corrected chi connectivity index (χ0v) is 9.66. The topological polar surface area (TPSA) is 38.0 Å². The van der Waals surface area contributed by atoms with E-state index < -0.39 is 0 Å². The van der Waals surface area contributed by atoms with Crippen molar-refractivity contribution in [1.82, 2.24) is 9.78 Å². The summed E-state index contributed by atoms with van der Waals surface area (Å²) in [4.78, 5) is 0. The molecule has 0 saturated heterocycles. The fourth-order valence-corrected chi connectivity index (χ4v) is 2.30. The Morgan fingerprint density at radius 2 is 2.13 bits per heavy atom. The van der Waals surface area contributed by atoms with Crippen molar-refractivity contribution in [1.29, 1.82) is 0 Å². The van der Waals surface area contributed by atoms with Crippen molar-refractivity contribution >= 4 is 0 Å². The standard InChI is InChI=1S/C12H20N2O/c1-9-12(7-4-8-15)10(2)14(13-9)11-5-3-6-11/h11,15H,3-8H2,1-2H3. The molecule has 0 aliphatic heterocycles. The molecule has 1 aromatic heterocycles. The van der Waals surface area contributed by atoms with Gasteiger partial charge in [0, 0.05) is 12.3 Å². The molecule has 1 aliphatic rings. The molecule has 15 heavy (non-hydrogen) atoms. The van der Waals surface area contributed by atoms with Crippen LogP contribution < -0.4 is 0 Å².